The van der Waals surface area contributed by atoms with Crippen molar-refractivity contribution in [3.8, 4) is 5.75 Å². The number of nitrogens with two attached hydrogens (primary N) is 1. The van der Waals surface area contributed by atoms with Gasteiger partial charge in [-0.25, -0.2) is 0 Å². The van der Waals surface area contributed by atoms with E-state index in [1.165, 1.54) is 0 Å². The van der Waals surface area contributed by atoms with Crippen LogP contribution in [0.5, 0.6) is 5.75 Å². The highest BCUT2D eigenvalue weighted by atomic mass is 16.5. The first kappa shape index (κ1) is 13.5. The van der Waals surface area contributed by atoms with Crippen LogP contribution in [0.25, 0.3) is 0 Å². The van der Waals surface area contributed by atoms with Crippen LogP contribution in [-0.4, -0.2) is 12.0 Å². The molecule has 1 aromatic carbocycles. The lowest BCUT2D eigenvalue weighted by molar-refractivity contribution is -0.124. The highest BCUT2D eigenvalue weighted by molar-refractivity contribution is 5.79. The molecule has 2 N–H and O–H groups in total. The van der Waals surface area contributed by atoms with Crippen LogP contribution in [0.1, 0.15) is 27.2 Å². The van der Waals surface area contributed by atoms with Crippen LogP contribution in [0.15, 0.2) is 30.3 Å². The second kappa shape index (κ2) is 7.85. The maximum atomic E-state index is 10.8. The van der Waals surface area contributed by atoms with Crippen LogP contribution >= 0.6 is 0 Å². The van der Waals surface area contributed by atoms with Gasteiger partial charge in [0.2, 0.25) is 0 Å². The van der Waals surface area contributed by atoms with Crippen molar-refractivity contribution < 1.29 is 9.53 Å². The molecule has 1 unspecified atom stereocenters. The Morgan fingerprint density at radius 3 is 2.27 bits per heavy atom. The number of primary amides is 1. The largest absolute Gasteiger partial charge is 0.481 e. The Kier molecular flexibility index (Phi) is 7.06. The molecule has 1 aromatic rings. The number of amides is 1. The third-order valence-electron chi connectivity index (χ3n) is 1.71. The number of carbonyl (C=O) groups excluding carboxylic acids is 1. The Morgan fingerprint density at radius 1 is 1.33 bits per heavy atom. The fraction of sp³-hybridized carbons (Fsp3) is 0.417. The molecule has 1 rings (SSSR count). The summed E-state index contributed by atoms with van der Waals surface area (Å²) in [7, 11) is 0. The Labute approximate surface area is 91.2 Å². The summed E-state index contributed by atoms with van der Waals surface area (Å²) in [5.74, 6) is 0.250. The molecule has 1 atom stereocenters. The van der Waals surface area contributed by atoms with E-state index in [2.05, 4.69) is 0 Å². The summed E-state index contributed by atoms with van der Waals surface area (Å²) in [6, 6.07) is 9.18. The predicted octanol–water partition coefficient (Wildman–Crippen LogP) is 2.36. The Bertz CT molecular complexity index is 272. The summed E-state index contributed by atoms with van der Waals surface area (Å²) in [5.41, 5.74) is 5.13. The first-order chi connectivity index (χ1) is 7.24. The fourth-order valence-electron chi connectivity index (χ4n) is 1.01. The minimum absolute atomic E-state index is 0.425. The molecule has 0 saturated heterocycles. The highest BCUT2D eigenvalue weighted by Gasteiger charge is 2.13. The van der Waals surface area contributed by atoms with E-state index in [-0.39, 0.29) is 0 Å². The monoisotopic (exact) mass is 209 g/mol. The number of para-hydroxylation sites is 1. The summed E-state index contributed by atoms with van der Waals surface area (Å²) < 4.78 is 5.35. The van der Waals surface area contributed by atoms with E-state index in [4.69, 9.17) is 10.5 Å². The minimum atomic E-state index is -0.526. The summed E-state index contributed by atoms with van der Waals surface area (Å²) in [5, 5.41) is 0. The topological polar surface area (TPSA) is 52.3 Å². The van der Waals surface area contributed by atoms with Crippen LogP contribution in [0.3, 0.4) is 0 Å². The van der Waals surface area contributed by atoms with E-state index in [0.717, 1.165) is 0 Å². The molecule has 0 fully saturated rings. The van der Waals surface area contributed by atoms with E-state index in [9.17, 15) is 4.79 Å². The van der Waals surface area contributed by atoms with Crippen molar-refractivity contribution >= 4 is 5.91 Å². The van der Waals surface area contributed by atoms with E-state index < -0.39 is 12.0 Å². The Balaban J connectivity index is 0.000000921. The Hall–Kier alpha value is -1.51. The molecule has 0 aliphatic rings. The first-order valence-corrected chi connectivity index (χ1v) is 5.25. The van der Waals surface area contributed by atoms with E-state index >= 15 is 0 Å². The fourth-order valence-corrected chi connectivity index (χ4v) is 1.01. The average Bonchev–Trinajstić information content (AvgIpc) is 2.29. The number of hydrogen-bond acceptors (Lipinski definition) is 2. The molecule has 0 spiro atoms. The number of hydrogen-bond donors (Lipinski definition) is 1. The summed E-state index contributed by atoms with van der Waals surface area (Å²) in [6.45, 7) is 5.86. The molecule has 0 radical (unpaired) electrons. The van der Waals surface area contributed by atoms with Gasteiger partial charge < -0.3 is 10.5 Å². The molecular formula is C12H19NO2. The lowest BCUT2D eigenvalue weighted by Crippen LogP contribution is -2.32. The Morgan fingerprint density at radius 2 is 1.87 bits per heavy atom. The minimum Gasteiger partial charge on any atom is -0.481 e. The molecule has 0 aliphatic carbocycles. The van der Waals surface area contributed by atoms with Crippen LogP contribution < -0.4 is 10.5 Å². The van der Waals surface area contributed by atoms with Crippen LogP contribution in [-0.2, 0) is 4.79 Å². The van der Waals surface area contributed by atoms with Crippen molar-refractivity contribution in [2.75, 3.05) is 0 Å². The first-order valence-electron chi connectivity index (χ1n) is 5.25. The molecule has 1 amide bonds. The second-order valence-electron chi connectivity index (χ2n) is 2.73. The SMILES string of the molecule is CC.CCC(Oc1ccccc1)C(N)=O. The van der Waals surface area contributed by atoms with Crippen molar-refractivity contribution in [3.63, 3.8) is 0 Å². The standard InChI is InChI=1S/C10H13NO2.C2H6/c1-2-9(10(11)12)13-8-6-4-3-5-7-8;1-2/h3-7,9H,2H2,1H3,(H2,11,12);1-2H3. The molecule has 84 valence electrons. The van der Waals surface area contributed by atoms with Gasteiger partial charge in [0.15, 0.2) is 6.10 Å². The number of benzene rings is 1. The van der Waals surface area contributed by atoms with E-state index in [0.29, 0.717) is 12.2 Å². The number of ether oxygens (including phenoxy) is 1. The highest BCUT2D eigenvalue weighted by Crippen LogP contribution is 2.11. The molecule has 15 heavy (non-hydrogen) atoms. The lowest BCUT2D eigenvalue weighted by atomic mass is 10.2. The molecule has 0 heterocycles. The van der Waals surface area contributed by atoms with Gasteiger partial charge in [-0.15, -0.1) is 0 Å². The van der Waals surface area contributed by atoms with Crippen molar-refractivity contribution in [3.05, 3.63) is 30.3 Å². The van der Waals surface area contributed by atoms with Gasteiger partial charge >= 0.3 is 0 Å². The van der Waals surface area contributed by atoms with Gasteiger partial charge in [0.25, 0.3) is 5.91 Å². The molecule has 0 aromatic heterocycles. The van der Waals surface area contributed by atoms with Crippen LogP contribution in [0.4, 0.5) is 0 Å². The average molecular weight is 209 g/mol. The normalized spacial score (nSPS) is 10.9. The molecule has 3 nitrogen and oxygen atoms in total. The second-order valence-corrected chi connectivity index (χ2v) is 2.73. The van der Waals surface area contributed by atoms with Crippen LogP contribution in [0.2, 0.25) is 0 Å². The van der Waals surface area contributed by atoms with Gasteiger partial charge in [-0.05, 0) is 18.6 Å². The van der Waals surface area contributed by atoms with E-state index in [1.54, 1.807) is 12.1 Å². The molecular weight excluding hydrogens is 190 g/mol. The smallest absolute Gasteiger partial charge is 0.258 e. The van der Waals surface area contributed by atoms with Gasteiger partial charge in [-0.2, -0.15) is 0 Å². The zero-order chi connectivity index (χ0) is 11.7. The molecule has 0 saturated carbocycles. The quantitative estimate of drug-likeness (QED) is 0.827. The van der Waals surface area contributed by atoms with Crippen molar-refractivity contribution in [1.29, 1.82) is 0 Å². The third-order valence-corrected chi connectivity index (χ3v) is 1.71. The molecule has 3 heteroatoms. The summed E-state index contributed by atoms with van der Waals surface area (Å²) in [6.07, 6.45) is 0.0620. The van der Waals surface area contributed by atoms with Gasteiger partial charge in [0.05, 0.1) is 0 Å². The summed E-state index contributed by atoms with van der Waals surface area (Å²) in [4.78, 5) is 10.8. The maximum absolute atomic E-state index is 10.8. The van der Waals surface area contributed by atoms with Gasteiger partial charge in [0.1, 0.15) is 5.75 Å². The van der Waals surface area contributed by atoms with Gasteiger partial charge in [-0.1, -0.05) is 39.0 Å². The molecule has 0 bridgehead atoms. The van der Waals surface area contributed by atoms with E-state index in [1.807, 2.05) is 39.0 Å². The third kappa shape index (κ3) is 5.05. The zero-order valence-electron chi connectivity index (χ0n) is 9.57. The zero-order valence-corrected chi connectivity index (χ0v) is 9.57. The maximum Gasteiger partial charge on any atom is 0.258 e. The number of carbonyl (C=O) groups is 1. The summed E-state index contributed by atoms with van der Waals surface area (Å²) >= 11 is 0. The molecule has 0 aliphatic heterocycles. The lowest BCUT2D eigenvalue weighted by Gasteiger charge is -2.13. The number of rotatable bonds is 4. The van der Waals surface area contributed by atoms with Crippen LogP contribution in [0, 0.1) is 0 Å². The van der Waals surface area contributed by atoms with Crippen molar-refractivity contribution in [2.45, 2.75) is 33.3 Å². The predicted molar refractivity (Wildman–Crippen MR) is 61.7 cm³/mol. The van der Waals surface area contributed by atoms with Gasteiger partial charge in [0, 0.05) is 0 Å². The van der Waals surface area contributed by atoms with Gasteiger partial charge in [-0.3, -0.25) is 4.79 Å². The van der Waals surface area contributed by atoms with Crippen molar-refractivity contribution in [1.82, 2.24) is 0 Å². The van der Waals surface area contributed by atoms with Crippen molar-refractivity contribution in [2.24, 2.45) is 5.73 Å².